The van der Waals surface area contributed by atoms with E-state index in [-0.39, 0.29) is 12.1 Å². The van der Waals surface area contributed by atoms with Gasteiger partial charge in [0.25, 0.3) is 0 Å². The summed E-state index contributed by atoms with van der Waals surface area (Å²) in [5.74, 6) is 0. The minimum atomic E-state index is -0.316. The monoisotopic (exact) mass is 256 g/mol. The quantitative estimate of drug-likeness (QED) is 0.919. The largest absolute Gasteiger partial charge is 0.318 e. The number of hydrogen-bond acceptors (Lipinski definition) is 4. The third-order valence-electron chi connectivity index (χ3n) is 2.34. The van der Waals surface area contributed by atoms with Crippen LogP contribution in [0.1, 0.15) is 37.3 Å². The van der Waals surface area contributed by atoms with Gasteiger partial charge in [0.05, 0.1) is 34.2 Å². The molecule has 0 saturated carbocycles. The van der Waals surface area contributed by atoms with Crippen LogP contribution in [0.3, 0.4) is 0 Å². The molecule has 0 saturated heterocycles. The number of hydrogen-bond donors (Lipinski definition) is 1. The summed E-state index contributed by atoms with van der Waals surface area (Å²) >= 11 is 7.63. The van der Waals surface area contributed by atoms with Crippen LogP contribution in [0.5, 0.6) is 0 Å². The van der Waals surface area contributed by atoms with Gasteiger partial charge in [0.1, 0.15) is 0 Å². The van der Waals surface area contributed by atoms with Gasteiger partial charge in [0.2, 0.25) is 0 Å². The average molecular weight is 257 g/mol. The summed E-state index contributed by atoms with van der Waals surface area (Å²) < 4.78 is 1.84. The van der Waals surface area contributed by atoms with E-state index in [0.29, 0.717) is 5.02 Å². The zero-order valence-corrected chi connectivity index (χ0v) is 10.7. The topological polar surface area (TPSA) is 56.7 Å². The first-order valence-electron chi connectivity index (χ1n) is 4.97. The second kappa shape index (κ2) is 4.53. The SMILES string of the molecule is CC(C)n1ncc(Cl)c1C(N)c1cscn1. The van der Waals surface area contributed by atoms with Crippen molar-refractivity contribution in [2.45, 2.75) is 25.9 Å². The molecule has 2 N–H and O–H groups in total. The average Bonchev–Trinajstić information content (AvgIpc) is 2.84. The highest BCUT2D eigenvalue weighted by molar-refractivity contribution is 7.07. The number of halogens is 1. The Bertz CT molecular complexity index is 463. The first-order valence-corrected chi connectivity index (χ1v) is 6.30. The lowest BCUT2D eigenvalue weighted by atomic mass is 10.1. The lowest BCUT2D eigenvalue weighted by Gasteiger charge is -2.15. The first-order chi connectivity index (χ1) is 7.61. The van der Waals surface area contributed by atoms with Gasteiger partial charge in [-0.25, -0.2) is 4.98 Å². The van der Waals surface area contributed by atoms with Crippen LogP contribution in [-0.4, -0.2) is 14.8 Å². The zero-order valence-electron chi connectivity index (χ0n) is 9.09. The molecule has 0 spiro atoms. The summed E-state index contributed by atoms with van der Waals surface area (Å²) in [5.41, 5.74) is 9.56. The van der Waals surface area contributed by atoms with E-state index in [1.54, 1.807) is 11.7 Å². The van der Waals surface area contributed by atoms with Crippen molar-refractivity contribution >= 4 is 22.9 Å². The van der Waals surface area contributed by atoms with E-state index in [4.69, 9.17) is 17.3 Å². The Kier molecular flexibility index (Phi) is 3.28. The Balaban J connectivity index is 2.43. The van der Waals surface area contributed by atoms with Crippen molar-refractivity contribution < 1.29 is 0 Å². The number of nitrogens with two attached hydrogens (primary N) is 1. The van der Waals surface area contributed by atoms with Crippen molar-refractivity contribution in [1.82, 2.24) is 14.8 Å². The molecule has 0 radical (unpaired) electrons. The van der Waals surface area contributed by atoms with E-state index in [1.807, 2.05) is 23.9 Å². The summed E-state index contributed by atoms with van der Waals surface area (Å²) in [6, 6.07) is -0.0872. The van der Waals surface area contributed by atoms with E-state index in [1.165, 1.54) is 11.3 Å². The Hall–Kier alpha value is -0.910. The van der Waals surface area contributed by atoms with Gasteiger partial charge in [-0.15, -0.1) is 11.3 Å². The van der Waals surface area contributed by atoms with Crippen LogP contribution < -0.4 is 5.73 Å². The lowest BCUT2D eigenvalue weighted by molar-refractivity contribution is 0.498. The molecular formula is C10H13ClN4S. The number of nitrogens with zero attached hydrogens (tertiary/aromatic N) is 3. The summed E-state index contributed by atoms with van der Waals surface area (Å²) in [7, 11) is 0. The molecule has 0 aromatic carbocycles. The van der Waals surface area contributed by atoms with Crippen LogP contribution >= 0.6 is 22.9 Å². The van der Waals surface area contributed by atoms with Gasteiger partial charge < -0.3 is 5.73 Å². The zero-order chi connectivity index (χ0) is 11.7. The van der Waals surface area contributed by atoms with Gasteiger partial charge in [-0.1, -0.05) is 11.6 Å². The van der Waals surface area contributed by atoms with Crippen molar-refractivity contribution in [2.75, 3.05) is 0 Å². The molecule has 6 heteroatoms. The predicted molar refractivity (Wildman–Crippen MR) is 65.8 cm³/mol. The molecule has 0 aliphatic carbocycles. The fraction of sp³-hybridized carbons (Fsp3) is 0.400. The van der Waals surface area contributed by atoms with E-state index in [0.717, 1.165) is 11.4 Å². The molecule has 1 unspecified atom stereocenters. The maximum Gasteiger partial charge on any atom is 0.0920 e. The molecule has 0 amide bonds. The minimum absolute atomic E-state index is 0.229. The Morgan fingerprint density at radius 3 is 2.81 bits per heavy atom. The lowest BCUT2D eigenvalue weighted by Crippen LogP contribution is -2.19. The molecule has 2 aromatic rings. The van der Waals surface area contributed by atoms with Crippen LogP contribution in [0.15, 0.2) is 17.1 Å². The predicted octanol–water partition coefficient (Wildman–Crippen LogP) is 2.62. The molecule has 2 aromatic heterocycles. The molecular weight excluding hydrogens is 244 g/mol. The Labute approximate surface area is 103 Å². The van der Waals surface area contributed by atoms with Gasteiger partial charge >= 0.3 is 0 Å². The number of thiazole rings is 1. The molecule has 0 aliphatic heterocycles. The molecule has 1 atom stereocenters. The van der Waals surface area contributed by atoms with E-state index in [2.05, 4.69) is 10.1 Å². The van der Waals surface area contributed by atoms with Gasteiger partial charge in [-0.3, -0.25) is 4.68 Å². The van der Waals surface area contributed by atoms with Crippen molar-refractivity contribution in [1.29, 1.82) is 0 Å². The van der Waals surface area contributed by atoms with Gasteiger partial charge in [0.15, 0.2) is 0 Å². The van der Waals surface area contributed by atoms with Crippen molar-refractivity contribution in [3.63, 3.8) is 0 Å². The summed E-state index contributed by atoms with van der Waals surface area (Å²) in [6.07, 6.45) is 1.63. The smallest absolute Gasteiger partial charge is 0.0920 e. The maximum absolute atomic E-state index is 6.14. The highest BCUT2D eigenvalue weighted by atomic mass is 35.5. The molecule has 0 fully saturated rings. The molecule has 16 heavy (non-hydrogen) atoms. The van der Waals surface area contributed by atoms with Crippen LogP contribution in [-0.2, 0) is 0 Å². The van der Waals surface area contributed by atoms with Crippen LogP contribution in [0, 0.1) is 0 Å². The van der Waals surface area contributed by atoms with Crippen molar-refractivity contribution in [2.24, 2.45) is 5.73 Å². The van der Waals surface area contributed by atoms with Crippen LogP contribution in [0.25, 0.3) is 0 Å². The fourth-order valence-electron chi connectivity index (χ4n) is 1.57. The Morgan fingerprint density at radius 1 is 1.50 bits per heavy atom. The van der Waals surface area contributed by atoms with Gasteiger partial charge in [-0.2, -0.15) is 5.10 Å². The highest BCUT2D eigenvalue weighted by Crippen LogP contribution is 2.28. The third-order valence-corrected chi connectivity index (χ3v) is 3.24. The second-order valence-corrected chi connectivity index (χ2v) is 4.93. The highest BCUT2D eigenvalue weighted by Gasteiger charge is 2.21. The summed E-state index contributed by atoms with van der Waals surface area (Å²) in [4.78, 5) is 4.21. The van der Waals surface area contributed by atoms with E-state index in [9.17, 15) is 0 Å². The van der Waals surface area contributed by atoms with E-state index < -0.39 is 0 Å². The number of aromatic nitrogens is 3. The molecule has 0 bridgehead atoms. The minimum Gasteiger partial charge on any atom is -0.318 e. The second-order valence-electron chi connectivity index (χ2n) is 3.81. The molecule has 86 valence electrons. The molecule has 2 rings (SSSR count). The van der Waals surface area contributed by atoms with Gasteiger partial charge in [-0.05, 0) is 13.8 Å². The van der Waals surface area contributed by atoms with Crippen molar-refractivity contribution in [3.8, 4) is 0 Å². The fourth-order valence-corrected chi connectivity index (χ4v) is 2.41. The summed E-state index contributed by atoms with van der Waals surface area (Å²) in [6.45, 7) is 4.08. The van der Waals surface area contributed by atoms with Crippen molar-refractivity contribution in [3.05, 3.63) is 33.5 Å². The molecule has 0 aliphatic rings. The standard InChI is InChI=1S/C10H13ClN4S/c1-6(2)15-10(7(11)3-14-15)9(12)8-4-16-5-13-8/h3-6,9H,12H2,1-2H3. The van der Waals surface area contributed by atoms with Gasteiger partial charge in [0, 0.05) is 11.4 Å². The third kappa shape index (κ3) is 1.98. The normalized spacial score (nSPS) is 13.3. The van der Waals surface area contributed by atoms with Crippen LogP contribution in [0.4, 0.5) is 0 Å². The maximum atomic E-state index is 6.14. The van der Waals surface area contributed by atoms with Crippen LogP contribution in [0.2, 0.25) is 5.02 Å². The van der Waals surface area contributed by atoms with E-state index >= 15 is 0 Å². The Morgan fingerprint density at radius 2 is 2.25 bits per heavy atom. The number of rotatable bonds is 3. The summed E-state index contributed by atoms with van der Waals surface area (Å²) in [5, 5.41) is 6.75. The molecule has 2 heterocycles. The molecule has 4 nitrogen and oxygen atoms in total. The first kappa shape index (κ1) is 11.6.